The molecule has 0 aromatic heterocycles. The summed E-state index contributed by atoms with van der Waals surface area (Å²) in [5.74, 6) is 0.853. The lowest BCUT2D eigenvalue weighted by atomic mass is 9.72. The van der Waals surface area contributed by atoms with Crippen LogP contribution in [0, 0.1) is 11.8 Å². The van der Waals surface area contributed by atoms with Crippen molar-refractivity contribution in [1.82, 2.24) is 0 Å². The van der Waals surface area contributed by atoms with Gasteiger partial charge >= 0.3 is 5.97 Å². The molecular formula is C27H47FO4. The Labute approximate surface area is 195 Å². The molecule has 3 fully saturated rings. The summed E-state index contributed by atoms with van der Waals surface area (Å²) in [5.41, 5.74) is 0. The number of carbonyl (C=O) groups is 1. The SMILES string of the molecule is CCCCCCCCCCOC1CCC(C2CCC(OC(=O)C3CCCO3)CC2)CC1F. The molecule has 0 N–H and O–H groups in total. The number of esters is 1. The van der Waals surface area contributed by atoms with Gasteiger partial charge in [0.2, 0.25) is 0 Å². The van der Waals surface area contributed by atoms with E-state index in [1.54, 1.807) is 0 Å². The van der Waals surface area contributed by atoms with Crippen LogP contribution in [-0.4, -0.2) is 43.7 Å². The molecule has 0 bridgehead atoms. The van der Waals surface area contributed by atoms with Gasteiger partial charge in [0.15, 0.2) is 6.10 Å². The lowest BCUT2D eigenvalue weighted by Gasteiger charge is -2.39. The Morgan fingerprint density at radius 2 is 1.56 bits per heavy atom. The van der Waals surface area contributed by atoms with Crippen LogP contribution in [0.4, 0.5) is 4.39 Å². The second kappa shape index (κ2) is 14.6. The predicted octanol–water partition coefficient (Wildman–Crippen LogP) is 6.93. The average molecular weight is 455 g/mol. The molecule has 2 aliphatic carbocycles. The number of carbonyl (C=O) groups excluding carboxylic acids is 1. The van der Waals surface area contributed by atoms with Gasteiger partial charge in [0.1, 0.15) is 12.3 Å². The number of rotatable bonds is 13. The number of halogens is 1. The van der Waals surface area contributed by atoms with Crippen molar-refractivity contribution in [2.75, 3.05) is 13.2 Å². The molecule has 0 aromatic rings. The Morgan fingerprint density at radius 3 is 2.22 bits per heavy atom. The smallest absolute Gasteiger partial charge is 0.335 e. The van der Waals surface area contributed by atoms with Crippen molar-refractivity contribution in [2.24, 2.45) is 11.8 Å². The number of unbranched alkanes of at least 4 members (excludes halogenated alkanes) is 7. The minimum atomic E-state index is -0.821. The van der Waals surface area contributed by atoms with E-state index in [1.165, 1.54) is 44.9 Å². The molecule has 0 aromatic carbocycles. The van der Waals surface area contributed by atoms with E-state index in [1.807, 2.05) is 0 Å². The van der Waals surface area contributed by atoms with Crippen LogP contribution < -0.4 is 0 Å². The van der Waals surface area contributed by atoms with Crippen molar-refractivity contribution < 1.29 is 23.4 Å². The van der Waals surface area contributed by atoms with Crippen molar-refractivity contribution in [3.05, 3.63) is 0 Å². The van der Waals surface area contributed by atoms with Crippen molar-refractivity contribution in [3.63, 3.8) is 0 Å². The summed E-state index contributed by atoms with van der Waals surface area (Å²) in [5, 5.41) is 0. The predicted molar refractivity (Wildman–Crippen MR) is 125 cm³/mol. The summed E-state index contributed by atoms with van der Waals surface area (Å²) in [7, 11) is 0. The van der Waals surface area contributed by atoms with Gasteiger partial charge in [-0.25, -0.2) is 9.18 Å². The van der Waals surface area contributed by atoms with Gasteiger partial charge in [-0.3, -0.25) is 0 Å². The first-order valence-corrected chi connectivity index (χ1v) is 13.7. The minimum absolute atomic E-state index is 0.0236. The van der Waals surface area contributed by atoms with E-state index in [9.17, 15) is 9.18 Å². The highest BCUT2D eigenvalue weighted by Gasteiger charge is 2.37. The quantitative estimate of drug-likeness (QED) is 0.223. The maximum atomic E-state index is 14.8. The largest absolute Gasteiger partial charge is 0.460 e. The van der Waals surface area contributed by atoms with Crippen LogP contribution in [0.1, 0.15) is 116 Å². The van der Waals surface area contributed by atoms with Crippen molar-refractivity contribution >= 4 is 5.97 Å². The van der Waals surface area contributed by atoms with E-state index < -0.39 is 6.17 Å². The monoisotopic (exact) mass is 454 g/mol. The summed E-state index contributed by atoms with van der Waals surface area (Å²) < 4.78 is 31.9. The van der Waals surface area contributed by atoms with E-state index in [2.05, 4.69) is 6.92 Å². The van der Waals surface area contributed by atoms with Gasteiger partial charge in [-0.2, -0.15) is 0 Å². The molecule has 0 amide bonds. The van der Waals surface area contributed by atoms with Gasteiger partial charge in [0.25, 0.3) is 0 Å². The second-order valence-corrected chi connectivity index (χ2v) is 10.4. The van der Waals surface area contributed by atoms with Crippen molar-refractivity contribution in [3.8, 4) is 0 Å². The third-order valence-corrected chi connectivity index (χ3v) is 7.94. The maximum Gasteiger partial charge on any atom is 0.335 e. The first-order chi connectivity index (χ1) is 15.7. The Balaban J connectivity index is 1.23. The van der Waals surface area contributed by atoms with Crippen LogP contribution in [0.15, 0.2) is 0 Å². The van der Waals surface area contributed by atoms with Gasteiger partial charge in [-0.15, -0.1) is 0 Å². The highest BCUT2D eigenvalue weighted by Crippen LogP contribution is 2.40. The van der Waals surface area contributed by atoms with Crippen molar-refractivity contribution in [1.29, 1.82) is 0 Å². The lowest BCUT2D eigenvalue weighted by molar-refractivity contribution is -0.162. The first kappa shape index (κ1) is 25.9. The molecule has 1 heterocycles. The van der Waals surface area contributed by atoms with Crippen LogP contribution in [0.3, 0.4) is 0 Å². The van der Waals surface area contributed by atoms with Crippen LogP contribution in [0.25, 0.3) is 0 Å². The molecule has 4 atom stereocenters. The zero-order valence-corrected chi connectivity index (χ0v) is 20.4. The number of hydrogen-bond acceptors (Lipinski definition) is 4. The second-order valence-electron chi connectivity index (χ2n) is 10.4. The van der Waals surface area contributed by atoms with Gasteiger partial charge in [0.05, 0.1) is 6.10 Å². The summed E-state index contributed by atoms with van der Waals surface area (Å²) in [6.07, 6.45) is 17.1. The fourth-order valence-corrected chi connectivity index (χ4v) is 5.89. The summed E-state index contributed by atoms with van der Waals surface area (Å²) in [4.78, 5) is 12.2. The lowest BCUT2D eigenvalue weighted by Crippen LogP contribution is -2.38. The van der Waals surface area contributed by atoms with Crippen LogP contribution in [0.5, 0.6) is 0 Å². The van der Waals surface area contributed by atoms with E-state index in [0.29, 0.717) is 31.5 Å². The molecule has 3 aliphatic rings. The van der Waals surface area contributed by atoms with Gasteiger partial charge in [0, 0.05) is 13.2 Å². The third kappa shape index (κ3) is 8.59. The number of hydrogen-bond donors (Lipinski definition) is 0. The highest BCUT2D eigenvalue weighted by atomic mass is 19.1. The maximum absolute atomic E-state index is 14.8. The number of alkyl halides is 1. The Kier molecular flexibility index (Phi) is 11.8. The number of ether oxygens (including phenoxy) is 3. The molecule has 32 heavy (non-hydrogen) atoms. The van der Waals surface area contributed by atoms with Gasteiger partial charge in [-0.05, 0) is 76.0 Å². The molecule has 2 saturated carbocycles. The molecule has 5 heteroatoms. The standard InChI is InChI=1S/C27H47FO4/c1-2-3-4-5-6-7-8-9-18-30-25-17-14-22(20-24(25)28)21-12-15-23(16-13-21)32-27(29)26-11-10-19-31-26/h21-26H,2-20H2,1H3. The molecule has 0 radical (unpaired) electrons. The molecule has 0 spiro atoms. The van der Waals surface area contributed by atoms with Crippen LogP contribution >= 0.6 is 0 Å². The van der Waals surface area contributed by atoms with E-state index in [4.69, 9.17) is 14.2 Å². The Morgan fingerprint density at radius 1 is 0.875 bits per heavy atom. The topological polar surface area (TPSA) is 44.8 Å². The summed E-state index contributed by atoms with van der Waals surface area (Å²) >= 11 is 0. The van der Waals surface area contributed by atoms with E-state index in [0.717, 1.165) is 57.8 Å². The van der Waals surface area contributed by atoms with Gasteiger partial charge in [-0.1, -0.05) is 51.9 Å². The normalized spacial score (nSPS) is 33.3. The first-order valence-electron chi connectivity index (χ1n) is 13.7. The fourth-order valence-electron chi connectivity index (χ4n) is 5.89. The van der Waals surface area contributed by atoms with Crippen LogP contribution in [-0.2, 0) is 19.0 Å². The third-order valence-electron chi connectivity index (χ3n) is 7.94. The molecule has 3 rings (SSSR count). The molecule has 1 saturated heterocycles. The summed E-state index contributed by atoms with van der Waals surface area (Å²) in [6, 6.07) is 0. The Bertz CT molecular complexity index is 514. The molecule has 4 unspecified atom stereocenters. The Hall–Kier alpha value is -0.680. The fraction of sp³-hybridized carbons (Fsp3) is 0.963. The zero-order chi connectivity index (χ0) is 22.6. The highest BCUT2D eigenvalue weighted by molar-refractivity contribution is 5.75. The zero-order valence-electron chi connectivity index (χ0n) is 20.4. The summed E-state index contributed by atoms with van der Waals surface area (Å²) in [6.45, 7) is 3.63. The van der Waals surface area contributed by atoms with Crippen molar-refractivity contribution in [2.45, 2.75) is 141 Å². The molecule has 4 nitrogen and oxygen atoms in total. The van der Waals surface area contributed by atoms with E-state index in [-0.39, 0.29) is 24.3 Å². The molecule has 1 aliphatic heterocycles. The van der Waals surface area contributed by atoms with Crippen LogP contribution in [0.2, 0.25) is 0 Å². The minimum Gasteiger partial charge on any atom is -0.460 e. The average Bonchev–Trinajstić information content (AvgIpc) is 3.35. The molecular weight excluding hydrogens is 407 g/mol. The molecule has 186 valence electrons. The van der Waals surface area contributed by atoms with Gasteiger partial charge < -0.3 is 14.2 Å². The van der Waals surface area contributed by atoms with E-state index >= 15 is 0 Å².